The lowest BCUT2D eigenvalue weighted by Crippen LogP contribution is -2.11. The smallest absolute Gasteiger partial charge is 0.257 e. The van der Waals surface area contributed by atoms with Crippen LogP contribution in [0.3, 0.4) is 0 Å². The Kier molecular flexibility index (Phi) is 7.16. The first-order valence-corrected chi connectivity index (χ1v) is 12.8. The largest absolute Gasteiger partial charge is 0.296 e. The molecule has 1 N–H and O–H groups in total. The van der Waals surface area contributed by atoms with Crippen LogP contribution in [-0.2, 0) is 11.5 Å². The fourth-order valence-corrected chi connectivity index (χ4v) is 5.75. The van der Waals surface area contributed by atoms with Gasteiger partial charge in [0.05, 0.1) is 10.7 Å². The van der Waals surface area contributed by atoms with Crippen molar-refractivity contribution >= 4 is 57.2 Å². The molecule has 0 saturated carbocycles. The van der Waals surface area contributed by atoms with Crippen molar-refractivity contribution in [2.75, 3.05) is 5.32 Å². The van der Waals surface area contributed by atoms with Crippen molar-refractivity contribution in [3.63, 3.8) is 0 Å². The van der Waals surface area contributed by atoms with Gasteiger partial charge in [0.15, 0.2) is 4.34 Å². The fraction of sp³-hybridized carbons (Fsp3) is 0.143. The van der Waals surface area contributed by atoms with Gasteiger partial charge in [0.2, 0.25) is 5.13 Å². The maximum absolute atomic E-state index is 12.5. The second-order valence-corrected chi connectivity index (χ2v) is 10.6. The van der Waals surface area contributed by atoms with Gasteiger partial charge in [-0.2, -0.15) is 0 Å². The summed E-state index contributed by atoms with van der Waals surface area (Å²) in [5, 5.41) is 14.7. The van der Waals surface area contributed by atoms with Gasteiger partial charge >= 0.3 is 0 Å². The molecule has 0 bridgehead atoms. The topological polar surface area (TPSA) is 67.8 Å². The average Bonchev–Trinajstić information content (AvgIpc) is 3.40. The molecule has 0 fully saturated rings. The van der Waals surface area contributed by atoms with E-state index < -0.39 is 0 Å². The standard InChI is InChI=1S/C21H18N4OS4/c1-14-22-17(12-27-14)13-28-18-9-7-16(8-10-18)19(26)23-20-24-25-21(30-20)29-11-15-5-3-2-4-6-15/h2-10,12H,11,13H2,1H3,(H,23,24,26). The van der Waals surface area contributed by atoms with E-state index >= 15 is 0 Å². The summed E-state index contributed by atoms with van der Waals surface area (Å²) in [6, 6.07) is 17.8. The number of nitrogens with zero attached hydrogens (tertiary/aromatic N) is 3. The van der Waals surface area contributed by atoms with Gasteiger partial charge in [-0.05, 0) is 36.8 Å². The van der Waals surface area contributed by atoms with Gasteiger partial charge < -0.3 is 0 Å². The number of amides is 1. The van der Waals surface area contributed by atoms with Gasteiger partial charge in [-0.1, -0.05) is 53.4 Å². The van der Waals surface area contributed by atoms with Gasteiger partial charge in [0.25, 0.3) is 5.91 Å². The van der Waals surface area contributed by atoms with E-state index in [1.165, 1.54) is 16.9 Å². The van der Waals surface area contributed by atoms with Crippen molar-refractivity contribution in [3.05, 3.63) is 81.8 Å². The summed E-state index contributed by atoms with van der Waals surface area (Å²) in [4.78, 5) is 18.1. The summed E-state index contributed by atoms with van der Waals surface area (Å²) in [5.74, 6) is 1.46. The molecule has 0 saturated heterocycles. The van der Waals surface area contributed by atoms with Crippen molar-refractivity contribution in [2.45, 2.75) is 27.7 Å². The number of carbonyl (C=O) groups excluding carboxylic acids is 1. The third-order valence-electron chi connectivity index (χ3n) is 4.00. The Balaban J connectivity index is 1.28. The molecule has 2 aromatic heterocycles. The molecule has 9 heteroatoms. The Morgan fingerprint density at radius 3 is 2.53 bits per heavy atom. The predicted octanol–water partition coefficient (Wildman–Crippen LogP) is 6.14. The lowest BCUT2D eigenvalue weighted by molar-refractivity contribution is 0.102. The Hall–Kier alpha value is -2.20. The number of anilines is 1. The van der Waals surface area contributed by atoms with Crippen LogP contribution in [0.5, 0.6) is 0 Å². The molecule has 2 heterocycles. The highest BCUT2D eigenvalue weighted by Crippen LogP contribution is 2.29. The van der Waals surface area contributed by atoms with Crippen molar-refractivity contribution in [2.24, 2.45) is 0 Å². The van der Waals surface area contributed by atoms with E-state index in [1.807, 2.05) is 49.4 Å². The number of rotatable bonds is 8. The van der Waals surface area contributed by atoms with E-state index in [2.05, 4.69) is 38.0 Å². The molecule has 2 aromatic carbocycles. The monoisotopic (exact) mass is 470 g/mol. The van der Waals surface area contributed by atoms with Crippen molar-refractivity contribution in [1.82, 2.24) is 15.2 Å². The highest BCUT2D eigenvalue weighted by atomic mass is 32.2. The van der Waals surface area contributed by atoms with Crippen LogP contribution < -0.4 is 5.32 Å². The molecule has 0 atom stereocenters. The van der Waals surface area contributed by atoms with Crippen LogP contribution >= 0.6 is 46.2 Å². The van der Waals surface area contributed by atoms with Gasteiger partial charge in [0, 0.05) is 27.3 Å². The zero-order valence-electron chi connectivity index (χ0n) is 16.1. The van der Waals surface area contributed by atoms with Crippen LogP contribution in [0.2, 0.25) is 0 Å². The van der Waals surface area contributed by atoms with Crippen molar-refractivity contribution in [3.8, 4) is 0 Å². The van der Waals surface area contributed by atoms with Crippen molar-refractivity contribution in [1.29, 1.82) is 0 Å². The van der Waals surface area contributed by atoms with Gasteiger partial charge in [0.1, 0.15) is 0 Å². The van der Waals surface area contributed by atoms with E-state index in [0.717, 1.165) is 31.4 Å². The van der Waals surface area contributed by atoms with E-state index in [1.54, 1.807) is 34.9 Å². The van der Waals surface area contributed by atoms with Gasteiger partial charge in [-0.15, -0.1) is 33.3 Å². The number of carbonyl (C=O) groups is 1. The molecule has 0 unspecified atom stereocenters. The van der Waals surface area contributed by atoms with Gasteiger partial charge in [-0.3, -0.25) is 10.1 Å². The van der Waals surface area contributed by atoms with Crippen LogP contribution in [0.4, 0.5) is 5.13 Å². The first-order valence-electron chi connectivity index (χ1n) is 9.11. The predicted molar refractivity (Wildman–Crippen MR) is 127 cm³/mol. The molecule has 0 aliphatic heterocycles. The van der Waals surface area contributed by atoms with E-state index in [9.17, 15) is 4.79 Å². The third-order valence-corrected chi connectivity index (χ3v) is 7.91. The normalized spacial score (nSPS) is 10.8. The average molecular weight is 471 g/mol. The summed E-state index contributed by atoms with van der Waals surface area (Å²) in [5.41, 5.74) is 2.91. The third kappa shape index (κ3) is 5.91. The zero-order valence-corrected chi connectivity index (χ0v) is 19.3. The molecule has 0 aliphatic carbocycles. The molecule has 4 rings (SSSR count). The molecule has 1 amide bonds. The van der Waals surface area contributed by atoms with Crippen LogP contribution in [0, 0.1) is 6.92 Å². The molecule has 152 valence electrons. The van der Waals surface area contributed by atoms with Crippen LogP contribution in [0.15, 0.2) is 69.2 Å². The molecule has 30 heavy (non-hydrogen) atoms. The fourth-order valence-electron chi connectivity index (χ4n) is 2.54. The summed E-state index contributed by atoms with van der Waals surface area (Å²) in [7, 11) is 0. The highest BCUT2D eigenvalue weighted by Gasteiger charge is 2.11. The number of aromatic nitrogens is 3. The van der Waals surface area contributed by atoms with E-state index in [4.69, 9.17) is 0 Å². The highest BCUT2D eigenvalue weighted by molar-refractivity contribution is 8.00. The molecule has 0 spiro atoms. The van der Waals surface area contributed by atoms with Crippen molar-refractivity contribution < 1.29 is 4.79 Å². The maximum Gasteiger partial charge on any atom is 0.257 e. The molecular formula is C21H18N4OS4. The molecule has 0 radical (unpaired) electrons. The SMILES string of the molecule is Cc1nc(CSc2ccc(C(=O)Nc3nnc(SCc4ccccc4)s3)cc2)cs1. The number of nitrogens with one attached hydrogen (secondary N) is 1. The molecule has 4 aromatic rings. The van der Waals surface area contributed by atoms with Crippen LogP contribution in [0.1, 0.15) is 26.6 Å². The minimum atomic E-state index is -0.183. The minimum Gasteiger partial charge on any atom is -0.296 e. The van der Waals surface area contributed by atoms with Crippen LogP contribution in [-0.4, -0.2) is 21.1 Å². The summed E-state index contributed by atoms with van der Waals surface area (Å²) >= 11 is 6.36. The quantitative estimate of drug-likeness (QED) is 0.246. The number of aryl methyl sites for hydroxylation is 1. The Morgan fingerprint density at radius 1 is 1.00 bits per heavy atom. The summed E-state index contributed by atoms with van der Waals surface area (Å²) in [6.45, 7) is 2.01. The number of hydrogen-bond acceptors (Lipinski definition) is 8. The second-order valence-electron chi connectivity index (χ2n) is 6.27. The first kappa shape index (κ1) is 21.0. The van der Waals surface area contributed by atoms with E-state index in [0.29, 0.717) is 10.7 Å². The zero-order chi connectivity index (χ0) is 20.8. The summed E-state index contributed by atoms with van der Waals surface area (Å²) < 4.78 is 0.832. The van der Waals surface area contributed by atoms with Crippen LogP contribution in [0.25, 0.3) is 0 Å². The number of thioether (sulfide) groups is 2. The van der Waals surface area contributed by atoms with E-state index in [-0.39, 0.29) is 5.91 Å². The molecule has 0 aliphatic rings. The Labute approximate surface area is 191 Å². The maximum atomic E-state index is 12.5. The van der Waals surface area contributed by atoms with Gasteiger partial charge in [-0.25, -0.2) is 4.98 Å². The lowest BCUT2D eigenvalue weighted by Gasteiger charge is -2.03. The summed E-state index contributed by atoms with van der Waals surface area (Å²) in [6.07, 6.45) is 0. The number of thiazole rings is 1. The minimum absolute atomic E-state index is 0.183. The lowest BCUT2D eigenvalue weighted by atomic mass is 10.2. The number of hydrogen-bond donors (Lipinski definition) is 1. The first-order chi connectivity index (χ1) is 14.7. The Morgan fingerprint density at radius 2 is 1.80 bits per heavy atom. The second kappa shape index (κ2) is 10.2. The number of benzene rings is 2. The molecular weight excluding hydrogens is 453 g/mol. The Bertz CT molecular complexity index is 1110. The molecule has 5 nitrogen and oxygen atoms in total.